The van der Waals surface area contributed by atoms with E-state index in [-0.39, 0.29) is 6.61 Å². The summed E-state index contributed by atoms with van der Waals surface area (Å²) in [7, 11) is 0. The molecule has 0 bridgehead atoms. The average molecular weight is 282 g/mol. The van der Waals surface area contributed by atoms with Crippen molar-refractivity contribution in [2.75, 3.05) is 6.61 Å². The standard InChI is InChI=1S/C18H18OS/c1-15-7-2-3-9-17(15)13-20-14-18-10-5-4-8-16(18)11-6-12-19/h2-5,7-10,19H,12-14H2,1H3. The number of rotatable bonds is 4. The molecule has 102 valence electrons. The molecule has 1 N–H and O–H groups in total. The quantitative estimate of drug-likeness (QED) is 0.861. The van der Waals surface area contributed by atoms with Crippen molar-refractivity contribution >= 4 is 11.8 Å². The maximum atomic E-state index is 8.79. The Bertz CT molecular complexity index is 623. The van der Waals surface area contributed by atoms with Crippen LogP contribution in [-0.2, 0) is 11.5 Å². The van der Waals surface area contributed by atoms with E-state index in [1.54, 1.807) is 0 Å². The van der Waals surface area contributed by atoms with Crippen LogP contribution in [0.5, 0.6) is 0 Å². The van der Waals surface area contributed by atoms with Gasteiger partial charge in [0.15, 0.2) is 0 Å². The van der Waals surface area contributed by atoms with Crippen molar-refractivity contribution in [3.05, 3.63) is 70.8 Å². The Kier molecular flexibility index (Phi) is 5.73. The minimum Gasteiger partial charge on any atom is -0.384 e. The molecule has 0 aliphatic heterocycles. The molecule has 0 atom stereocenters. The summed E-state index contributed by atoms with van der Waals surface area (Å²) < 4.78 is 0. The lowest BCUT2D eigenvalue weighted by Gasteiger charge is -2.07. The minimum atomic E-state index is -0.0926. The first kappa shape index (κ1) is 14.7. The smallest absolute Gasteiger partial charge is 0.104 e. The summed E-state index contributed by atoms with van der Waals surface area (Å²) in [5.74, 6) is 7.67. The molecule has 2 heteroatoms. The van der Waals surface area contributed by atoms with Crippen molar-refractivity contribution in [3.63, 3.8) is 0 Å². The molecule has 0 aliphatic rings. The van der Waals surface area contributed by atoms with Crippen LogP contribution in [-0.4, -0.2) is 11.7 Å². The maximum absolute atomic E-state index is 8.79. The molecule has 2 rings (SSSR count). The highest BCUT2D eigenvalue weighted by Crippen LogP contribution is 2.21. The first-order valence-corrected chi connectivity index (χ1v) is 7.76. The van der Waals surface area contributed by atoms with E-state index in [1.807, 2.05) is 30.0 Å². The van der Waals surface area contributed by atoms with Gasteiger partial charge in [0.1, 0.15) is 6.61 Å². The van der Waals surface area contributed by atoms with Crippen molar-refractivity contribution in [3.8, 4) is 11.8 Å². The predicted octanol–water partition coefficient (Wildman–Crippen LogP) is 3.77. The zero-order valence-electron chi connectivity index (χ0n) is 11.6. The van der Waals surface area contributed by atoms with Gasteiger partial charge in [0, 0.05) is 17.1 Å². The van der Waals surface area contributed by atoms with E-state index in [0.29, 0.717) is 0 Å². The number of aliphatic hydroxyl groups excluding tert-OH is 1. The molecule has 1 nitrogen and oxygen atoms in total. The lowest BCUT2D eigenvalue weighted by atomic mass is 10.1. The largest absolute Gasteiger partial charge is 0.384 e. The predicted molar refractivity (Wildman–Crippen MR) is 86.6 cm³/mol. The molecule has 0 radical (unpaired) electrons. The molecular weight excluding hydrogens is 264 g/mol. The lowest BCUT2D eigenvalue weighted by Crippen LogP contribution is -1.90. The molecule has 20 heavy (non-hydrogen) atoms. The monoisotopic (exact) mass is 282 g/mol. The highest BCUT2D eigenvalue weighted by atomic mass is 32.2. The zero-order valence-corrected chi connectivity index (χ0v) is 12.4. The fourth-order valence-electron chi connectivity index (χ4n) is 1.95. The van der Waals surface area contributed by atoms with Crippen molar-refractivity contribution in [1.29, 1.82) is 0 Å². The summed E-state index contributed by atoms with van der Waals surface area (Å²) in [6.45, 7) is 2.06. The molecule has 0 unspecified atom stereocenters. The van der Waals surface area contributed by atoms with Crippen molar-refractivity contribution in [1.82, 2.24) is 0 Å². The molecular formula is C18H18OS. The second-order valence-corrected chi connectivity index (χ2v) is 5.52. The van der Waals surface area contributed by atoms with Crippen LogP contribution in [0.1, 0.15) is 22.3 Å². The van der Waals surface area contributed by atoms with Gasteiger partial charge >= 0.3 is 0 Å². The Morgan fingerprint density at radius 1 is 0.950 bits per heavy atom. The van der Waals surface area contributed by atoms with Crippen LogP contribution < -0.4 is 0 Å². The third-order valence-corrected chi connectivity index (χ3v) is 4.13. The van der Waals surface area contributed by atoms with Gasteiger partial charge in [0.2, 0.25) is 0 Å². The first-order valence-electron chi connectivity index (χ1n) is 6.61. The van der Waals surface area contributed by atoms with Crippen LogP contribution in [0.15, 0.2) is 48.5 Å². The SMILES string of the molecule is Cc1ccccc1CSCc1ccccc1C#CCO. The Labute approximate surface area is 125 Å². The summed E-state index contributed by atoms with van der Waals surface area (Å²) in [4.78, 5) is 0. The van der Waals surface area contributed by atoms with E-state index in [2.05, 4.69) is 49.1 Å². The van der Waals surface area contributed by atoms with Gasteiger partial charge in [-0.05, 0) is 29.7 Å². The zero-order chi connectivity index (χ0) is 14.2. The number of thioether (sulfide) groups is 1. The summed E-state index contributed by atoms with van der Waals surface area (Å²) in [6, 6.07) is 16.6. The number of aryl methyl sites for hydroxylation is 1. The normalized spacial score (nSPS) is 9.90. The lowest BCUT2D eigenvalue weighted by molar-refractivity contribution is 0.350. The summed E-state index contributed by atoms with van der Waals surface area (Å²) in [5, 5.41) is 8.79. The third-order valence-electron chi connectivity index (χ3n) is 3.10. The van der Waals surface area contributed by atoms with E-state index in [4.69, 9.17) is 5.11 Å². The van der Waals surface area contributed by atoms with Gasteiger partial charge in [0.05, 0.1) is 0 Å². The Morgan fingerprint density at radius 2 is 1.60 bits per heavy atom. The van der Waals surface area contributed by atoms with Crippen molar-refractivity contribution in [2.45, 2.75) is 18.4 Å². The van der Waals surface area contributed by atoms with E-state index < -0.39 is 0 Å². The van der Waals surface area contributed by atoms with E-state index in [1.165, 1.54) is 16.7 Å². The molecule has 0 saturated carbocycles. The fraction of sp³-hybridized carbons (Fsp3) is 0.222. The van der Waals surface area contributed by atoms with E-state index >= 15 is 0 Å². The molecule has 0 fully saturated rings. The molecule has 0 amide bonds. The third kappa shape index (κ3) is 4.16. The molecule has 0 saturated heterocycles. The van der Waals surface area contributed by atoms with Crippen LogP contribution in [0.25, 0.3) is 0 Å². The number of benzene rings is 2. The molecule has 2 aromatic carbocycles. The second-order valence-electron chi connectivity index (χ2n) is 4.54. The average Bonchev–Trinajstić information content (AvgIpc) is 2.48. The Morgan fingerprint density at radius 3 is 2.35 bits per heavy atom. The second kappa shape index (κ2) is 7.79. The van der Waals surface area contributed by atoms with Crippen LogP contribution in [0.3, 0.4) is 0 Å². The highest BCUT2D eigenvalue weighted by Gasteiger charge is 2.01. The Balaban J connectivity index is 1.99. The first-order chi connectivity index (χ1) is 9.81. The van der Waals surface area contributed by atoms with Crippen LogP contribution in [0, 0.1) is 18.8 Å². The van der Waals surface area contributed by atoms with Crippen LogP contribution in [0.2, 0.25) is 0 Å². The number of aliphatic hydroxyl groups is 1. The van der Waals surface area contributed by atoms with Gasteiger partial charge in [-0.25, -0.2) is 0 Å². The van der Waals surface area contributed by atoms with Gasteiger partial charge in [-0.15, -0.1) is 0 Å². The molecule has 0 heterocycles. The van der Waals surface area contributed by atoms with Crippen LogP contribution in [0.4, 0.5) is 0 Å². The number of hydrogen-bond acceptors (Lipinski definition) is 2. The molecule has 0 aliphatic carbocycles. The number of hydrogen-bond donors (Lipinski definition) is 1. The van der Waals surface area contributed by atoms with Gasteiger partial charge in [-0.2, -0.15) is 11.8 Å². The fourth-order valence-corrected chi connectivity index (χ4v) is 3.06. The van der Waals surface area contributed by atoms with Crippen molar-refractivity contribution in [2.24, 2.45) is 0 Å². The van der Waals surface area contributed by atoms with Crippen LogP contribution >= 0.6 is 11.8 Å². The van der Waals surface area contributed by atoms with Gasteiger partial charge in [-0.1, -0.05) is 54.3 Å². The maximum Gasteiger partial charge on any atom is 0.104 e. The van der Waals surface area contributed by atoms with Gasteiger partial charge < -0.3 is 5.11 Å². The summed E-state index contributed by atoms with van der Waals surface area (Å²) in [5.41, 5.74) is 4.97. The van der Waals surface area contributed by atoms with Gasteiger partial charge in [0.25, 0.3) is 0 Å². The highest BCUT2D eigenvalue weighted by molar-refractivity contribution is 7.97. The minimum absolute atomic E-state index is 0.0926. The Hall–Kier alpha value is -1.69. The summed E-state index contributed by atoms with van der Waals surface area (Å²) >= 11 is 1.89. The van der Waals surface area contributed by atoms with E-state index in [9.17, 15) is 0 Å². The molecule has 0 aromatic heterocycles. The van der Waals surface area contributed by atoms with Crippen molar-refractivity contribution < 1.29 is 5.11 Å². The molecule has 0 spiro atoms. The van der Waals surface area contributed by atoms with E-state index in [0.717, 1.165) is 17.1 Å². The summed E-state index contributed by atoms with van der Waals surface area (Å²) in [6.07, 6.45) is 0. The topological polar surface area (TPSA) is 20.2 Å². The molecule has 2 aromatic rings. The van der Waals surface area contributed by atoms with Gasteiger partial charge in [-0.3, -0.25) is 0 Å².